The van der Waals surface area contributed by atoms with Crippen molar-refractivity contribution < 1.29 is 14.7 Å². The van der Waals surface area contributed by atoms with E-state index in [4.69, 9.17) is 10.8 Å². The Balaban J connectivity index is 3.31. The van der Waals surface area contributed by atoms with Crippen molar-refractivity contribution in [1.82, 2.24) is 0 Å². The molecule has 64 valence electrons. The molecular formula is C7H7NO3S. The van der Waals surface area contributed by atoms with Crippen LogP contribution in [-0.2, 0) is 0 Å². The highest BCUT2D eigenvalue weighted by molar-refractivity contribution is 7.13. The monoisotopic (exact) mass is 185 g/mol. The molecule has 0 aliphatic heterocycles. The standard InChI is InChI=1S/C7H7NO3S/c1-3(9)5-4(8)2-12-6(5)7(10)11/h2H,8H2,1H3,(H,10,11). The molecule has 1 aromatic heterocycles. The molecule has 0 spiro atoms. The molecule has 0 unspecified atom stereocenters. The maximum Gasteiger partial charge on any atom is 0.346 e. The van der Waals surface area contributed by atoms with Crippen LogP contribution in [0.15, 0.2) is 5.38 Å². The third-order valence-electron chi connectivity index (χ3n) is 1.37. The number of rotatable bonds is 2. The summed E-state index contributed by atoms with van der Waals surface area (Å²) < 4.78 is 0. The third-order valence-corrected chi connectivity index (χ3v) is 2.35. The van der Waals surface area contributed by atoms with Crippen LogP contribution in [0.25, 0.3) is 0 Å². The maximum atomic E-state index is 10.9. The summed E-state index contributed by atoms with van der Waals surface area (Å²) in [5, 5.41) is 10.1. The number of Topliss-reactive ketones (excluding diaryl/α,β-unsaturated/α-hetero) is 1. The number of nitrogens with two attached hydrogens (primary N) is 1. The average molecular weight is 185 g/mol. The fraction of sp³-hybridized carbons (Fsp3) is 0.143. The lowest BCUT2D eigenvalue weighted by atomic mass is 10.1. The van der Waals surface area contributed by atoms with E-state index in [2.05, 4.69) is 0 Å². The molecule has 0 aromatic carbocycles. The summed E-state index contributed by atoms with van der Waals surface area (Å²) in [6.45, 7) is 1.30. The summed E-state index contributed by atoms with van der Waals surface area (Å²) in [5.74, 6) is -1.42. The lowest BCUT2D eigenvalue weighted by Crippen LogP contribution is -2.04. The van der Waals surface area contributed by atoms with Gasteiger partial charge < -0.3 is 10.8 Å². The number of hydrogen-bond acceptors (Lipinski definition) is 4. The fourth-order valence-corrected chi connectivity index (χ4v) is 1.73. The molecule has 12 heavy (non-hydrogen) atoms. The number of ketones is 1. The zero-order valence-electron chi connectivity index (χ0n) is 6.33. The molecule has 1 aromatic rings. The third kappa shape index (κ3) is 1.31. The van der Waals surface area contributed by atoms with Gasteiger partial charge in [-0.05, 0) is 6.92 Å². The minimum Gasteiger partial charge on any atom is -0.477 e. The Hall–Kier alpha value is -1.36. The summed E-state index contributed by atoms with van der Waals surface area (Å²) in [6, 6.07) is 0. The van der Waals surface area contributed by atoms with E-state index in [0.717, 1.165) is 11.3 Å². The maximum absolute atomic E-state index is 10.9. The number of hydrogen-bond donors (Lipinski definition) is 2. The van der Waals surface area contributed by atoms with Gasteiger partial charge in [0.05, 0.1) is 11.3 Å². The largest absolute Gasteiger partial charge is 0.477 e. The van der Waals surface area contributed by atoms with E-state index in [1.165, 1.54) is 12.3 Å². The van der Waals surface area contributed by atoms with Crippen LogP contribution >= 0.6 is 11.3 Å². The molecule has 0 aliphatic carbocycles. The van der Waals surface area contributed by atoms with Gasteiger partial charge in [-0.2, -0.15) is 0 Å². The van der Waals surface area contributed by atoms with Gasteiger partial charge in [-0.15, -0.1) is 11.3 Å². The summed E-state index contributed by atoms with van der Waals surface area (Å²) >= 11 is 0.967. The van der Waals surface area contributed by atoms with Crippen molar-refractivity contribution >= 4 is 28.8 Å². The Kier molecular flexibility index (Phi) is 2.14. The predicted molar refractivity (Wildman–Crippen MR) is 45.7 cm³/mol. The first-order valence-electron chi connectivity index (χ1n) is 3.15. The zero-order chi connectivity index (χ0) is 9.30. The Morgan fingerprint density at radius 1 is 1.58 bits per heavy atom. The second-order valence-electron chi connectivity index (χ2n) is 2.26. The average Bonchev–Trinajstić information content (AvgIpc) is 2.30. The quantitative estimate of drug-likeness (QED) is 0.679. The highest BCUT2D eigenvalue weighted by atomic mass is 32.1. The smallest absolute Gasteiger partial charge is 0.346 e. The summed E-state index contributed by atoms with van der Waals surface area (Å²) in [5.41, 5.74) is 5.77. The van der Waals surface area contributed by atoms with Crippen LogP contribution in [-0.4, -0.2) is 16.9 Å². The molecule has 0 atom stereocenters. The van der Waals surface area contributed by atoms with Crippen LogP contribution in [0.1, 0.15) is 27.0 Å². The Morgan fingerprint density at radius 3 is 2.50 bits per heavy atom. The summed E-state index contributed by atoms with van der Waals surface area (Å²) in [7, 11) is 0. The van der Waals surface area contributed by atoms with Crippen LogP contribution in [0.3, 0.4) is 0 Å². The van der Waals surface area contributed by atoms with Crippen molar-refractivity contribution in [2.24, 2.45) is 0 Å². The van der Waals surface area contributed by atoms with Gasteiger partial charge in [0, 0.05) is 5.38 Å². The van der Waals surface area contributed by atoms with Crippen molar-refractivity contribution in [3.05, 3.63) is 15.8 Å². The first kappa shape index (κ1) is 8.73. The molecule has 0 saturated heterocycles. The lowest BCUT2D eigenvalue weighted by molar-refractivity contribution is 0.0698. The SMILES string of the molecule is CC(=O)c1c(N)csc1C(=O)O. The van der Waals surface area contributed by atoms with E-state index < -0.39 is 5.97 Å². The minimum absolute atomic E-state index is 0.0139. The van der Waals surface area contributed by atoms with Gasteiger partial charge in [-0.25, -0.2) is 4.79 Å². The number of carbonyl (C=O) groups is 2. The van der Waals surface area contributed by atoms with Gasteiger partial charge >= 0.3 is 5.97 Å². The van der Waals surface area contributed by atoms with Gasteiger partial charge in [0.1, 0.15) is 4.88 Å². The van der Waals surface area contributed by atoms with Crippen molar-refractivity contribution in [3.63, 3.8) is 0 Å². The van der Waals surface area contributed by atoms with Gasteiger partial charge in [0.15, 0.2) is 5.78 Å². The Morgan fingerprint density at radius 2 is 2.17 bits per heavy atom. The highest BCUT2D eigenvalue weighted by Gasteiger charge is 2.18. The first-order valence-corrected chi connectivity index (χ1v) is 4.03. The molecule has 0 aliphatic rings. The van der Waals surface area contributed by atoms with Crippen LogP contribution < -0.4 is 5.73 Å². The number of carboxylic acid groups (broad SMARTS) is 1. The van der Waals surface area contributed by atoms with Gasteiger partial charge in [0.2, 0.25) is 0 Å². The molecule has 4 nitrogen and oxygen atoms in total. The van der Waals surface area contributed by atoms with Gasteiger partial charge in [0.25, 0.3) is 0 Å². The minimum atomic E-state index is -1.11. The van der Waals surface area contributed by atoms with Crippen LogP contribution in [0, 0.1) is 0 Å². The Labute approximate surface area is 72.6 Å². The lowest BCUT2D eigenvalue weighted by Gasteiger charge is -1.94. The summed E-state index contributed by atoms with van der Waals surface area (Å²) in [6.07, 6.45) is 0. The topological polar surface area (TPSA) is 80.4 Å². The molecule has 3 N–H and O–H groups in total. The zero-order valence-corrected chi connectivity index (χ0v) is 7.14. The molecule has 0 saturated carbocycles. The number of aromatic carboxylic acids is 1. The molecule has 0 fully saturated rings. The number of nitrogen functional groups attached to an aromatic ring is 1. The highest BCUT2D eigenvalue weighted by Crippen LogP contribution is 2.24. The van der Waals surface area contributed by atoms with Crippen molar-refractivity contribution in [1.29, 1.82) is 0 Å². The molecule has 0 amide bonds. The van der Waals surface area contributed by atoms with Crippen LogP contribution in [0.4, 0.5) is 5.69 Å². The molecule has 0 radical (unpaired) electrons. The van der Waals surface area contributed by atoms with Crippen LogP contribution in [0.2, 0.25) is 0 Å². The van der Waals surface area contributed by atoms with Gasteiger partial charge in [-0.3, -0.25) is 4.79 Å². The molecule has 1 rings (SSSR count). The summed E-state index contributed by atoms with van der Waals surface area (Å²) in [4.78, 5) is 21.5. The molecule has 5 heteroatoms. The number of carbonyl (C=O) groups excluding carboxylic acids is 1. The van der Waals surface area contributed by atoms with E-state index in [1.807, 2.05) is 0 Å². The van der Waals surface area contributed by atoms with Crippen molar-refractivity contribution in [2.75, 3.05) is 5.73 Å². The second-order valence-corrected chi connectivity index (χ2v) is 3.14. The Bertz CT molecular complexity index is 342. The van der Waals surface area contributed by atoms with E-state index in [1.54, 1.807) is 0 Å². The molecular weight excluding hydrogens is 178 g/mol. The van der Waals surface area contributed by atoms with E-state index in [0.29, 0.717) is 0 Å². The second kappa shape index (κ2) is 2.94. The molecule has 1 heterocycles. The first-order chi connectivity index (χ1) is 5.54. The van der Waals surface area contributed by atoms with Gasteiger partial charge in [-0.1, -0.05) is 0 Å². The molecule has 0 bridgehead atoms. The fourth-order valence-electron chi connectivity index (χ4n) is 0.892. The predicted octanol–water partition coefficient (Wildman–Crippen LogP) is 1.23. The van der Waals surface area contributed by atoms with E-state index >= 15 is 0 Å². The normalized spacial score (nSPS) is 9.75. The van der Waals surface area contributed by atoms with Crippen molar-refractivity contribution in [3.8, 4) is 0 Å². The number of carboxylic acids is 1. The van der Waals surface area contributed by atoms with E-state index in [-0.39, 0.29) is 21.9 Å². The number of thiophene rings is 1. The van der Waals surface area contributed by atoms with Crippen LogP contribution in [0.5, 0.6) is 0 Å². The van der Waals surface area contributed by atoms with Crippen molar-refractivity contribution in [2.45, 2.75) is 6.92 Å². The number of anilines is 1. The van der Waals surface area contributed by atoms with E-state index in [9.17, 15) is 9.59 Å².